The first-order valence-corrected chi connectivity index (χ1v) is 15.0. The zero-order valence-electron chi connectivity index (χ0n) is 25.9. The maximum atomic E-state index is 13.5. The van der Waals surface area contributed by atoms with Gasteiger partial charge in [-0.25, -0.2) is 9.59 Å². The summed E-state index contributed by atoms with van der Waals surface area (Å²) in [6, 6.07) is 27.4. The van der Waals surface area contributed by atoms with Gasteiger partial charge in [0.25, 0.3) is 5.91 Å². The second-order valence-corrected chi connectivity index (χ2v) is 11.0. The molecule has 0 bridgehead atoms. The Balaban J connectivity index is 1.64. The number of carbonyl (C=O) groups is 3. The van der Waals surface area contributed by atoms with Gasteiger partial charge in [0.1, 0.15) is 0 Å². The van der Waals surface area contributed by atoms with E-state index in [1.54, 1.807) is 13.8 Å². The lowest BCUT2D eigenvalue weighted by molar-refractivity contribution is -0.141. The molecule has 0 unspecified atom stereocenters. The number of hydrogen-bond acceptors (Lipinski definition) is 8. The van der Waals surface area contributed by atoms with Crippen LogP contribution in [0.3, 0.4) is 0 Å². The Morgan fingerprint density at radius 1 is 0.644 bits per heavy atom. The second-order valence-electron chi connectivity index (χ2n) is 11.0. The van der Waals surface area contributed by atoms with E-state index in [9.17, 15) is 14.4 Å². The van der Waals surface area contributed by atoms with Crippen LogP contribution in [-0.2, 0) is 19.3 Å². The van der Waals surface area contributed by atoms with E-state index in [1.165, 1.54) is 13.8 Å². The molecule has 0 atom stereocenters. The van der Waals surface area contributed by atoms with Gasteiger partial charge in [-0.05, 0) is 80.5 Å². The standard InChI is InChI=1S/C36H36N4O5/c1-24(37-44-26(3)41)28-15-17-30(18-16-28)40(31-12-10-11-29(23-31)36(43)39-21-8-5-9-22-39)35-20-19-32(25(2)38-45-27(4)42)33-13-6-7-14-34(33)35/h6-7,10-20,23H,5,8-9,21-22H2,1-4H3/b37-24-,38-25+. The van der Waals surface area contributed by atoms with E-state index < -0.39 is 11.9 Å². The van der Waals surface area contributed by atoms with E-state index >= 15 is 0 Å². The van der Waals surface area contributed by atoms with Crippen LogP contribution in [0.2, 0.25) is 0 Å². The van der Waals surface area contributed by atoms with Crippen LogP contribution in [0, 0.1) is 0 Å². The summed E-state index contributed by atoms with van der Waals surface area (Å²) < 4.78 is 0. The second kappa shape index (κ2) is 14.0. The van der Waals surface area contributed by atoms with Gasteiger partial charge in [0.05, 0.1) is 17.1 Å². The summed E-state index contributed by atoms with van der Waals surface area (Å²) in [5, 5.41) is 9.82. The lowest BCUT2D eigenvalue weighted by Crippen LogP contribution is -2.35. The van der Waals surface area contributed by atoms with E-state index in [-0.39, 0.29) is 5.91 Å². The molecule has 0 N–H and O–H groups in total. The fourth-order valence-corrected chi connectivity index (χ4v) is 5.50. The lowest BCUT2D eigenvalue weighted by atomic mass is 9.98. The first-order valence-electron chi connectivity index (χ1n) is 15.0. The number of carbonyl (C=O) groups excluding carboxylic acids is 3. The van der Waals surface area contributed by atoms with Crippen molar-refractivity contribution in [2.75, 3.05) is 18.0 Å². The first kappa shape index (κ1) is 31.1. The predicted molar refractivity (Wildman–Crippen MR) is 176 cm³/mol. The van der Waals surface area contributed by atoms with Crippen LogP contribution in [0.5, 0.6) is 0 Å². The summed E-state index contributed by atoms with van der Waals surface area (Å²) >= 11 is 0. The maximum Gasteiger partial charge on any atom is 0.331 e. The monoisotopic (exact) mass is 604 g/mol. The van der Waals surface area contributed by atoms with Gasteiger partial charge in [0.15, 0.2) is 0 Å². The molecule has 4 aromatic rings. The molecule has 9 heteroatoms. The molecule has 5 rings (SSSR count). The minimum atomic E-state index is -0.489. The van der Waals surface area contributed by atoms with Gasteiger partial charge < -0.3 is 19.5 Å². The van der Waals surface area contributed by atoms with Crippen molar-refractivity contribution in [1.29, 1.82) is 0 Å². The number of hydrogen-bond donors (Lipinski definition) is 0. The van der Waals surface area contributed by atoms with Crippen LogP contribution in [0.4, 0.5) is 17.1 Å². The number of nitrogens with zero attached hydrogens (tertiary/aromatic N) is 4. The highest BCUT2D eigenvalue weighted by molar-refractivity contribution is 6.13. The fraction of sp³-hybridized carbons (Fsp3) is 0.250. The largest absolute Gasteiger partial charge is 0.339 e. The maximum absolute atomic E-state index is 13.5. The van der Waals surface area contributed by atoms with Crippen molar-refractivity contribution in [2.24, 2.45) is 10.3 Å². The third-order valence-electron chi connectivity index (χ3n) is 7.69. The molecular formula is C36H36N4O5. The Morgan fingerprint density at radius 3 is 1.96 bits per heavy atom. The molecule has 1 aliphatic rings. The Labute approximate surface area is 262 Å². The molecule has 0 saturated carbocycles. The summed E-state index contributed by atoms with van der Waals surface area (Å²) in [5.74, 6) is -0.946. The average Bonchev–Trinajstić information content (AvgIpc) is 3.06. The van der Waals surface area contributed by atoms with Gasteiger partial charge in [-0.2, -0.15) is 0 Å². The number of anilines is 3. The normalized spacial score (nSPS) is 13.8. The van der Waals surface area contributed by atoms with Crippen molar-refractivity contribution in [3.8, 4) is 0 Å². The van der Waals surface area contributed by atoms with Crippen molar-refractivity contribution >= 4 is 57.1 Å². The van der Waals surface area contributed by atoms with Crippen LogP contribution in [0.15, 0.2) is 95.2 Å². The highest BCUT2D eigenvalue weighted by atomic mass is 16.7. The molecule has 1 aliphatic heterocycles. The Morgan fingerprint density at radius 2 is 1.29 bits per heavy atom. The molecule has 1 fully saturated rings. The van der Waals surface area contributed by atoms with Crippen molar-refractivity contribution in [1.82, 2.24) is 4.90 Å². The van der Waals surface area contributed by atoms with Crippen LogP contribution >= 0.6 is 0 Å². The minimum absolute atomic E-state index is 0.0293. The number of piperidine rings is 1. The Hall–Kier alpha value is -5.31. The van der Waals surface area contributed by atoms with Gasteiger partial charge in [-0.1, -0.05) is 58.8 Å². The highest BCUT2D eigenvalue weighted by Crippen LogP contribution is 2.40. The molecular weight excluding hydrogens is 568 g/mol. The topological polar surface area (TPSA) is 101 Å². The molecule has 0 aliphatic carbocycles. The van der Waals surface area contributed by atoms with Gasteiger partial charge in [0, 0.05) is 54.8 Å². The number of fused-ring (bicyclic) bond motifs is 1. The zero-order valence-corrected chi connectivity index (χ0v) is 25.9. The molecule has 1 saturated heterocycles. The number of amides is 1. The van der Waals surface area contributed by atoms with Crippen molar-refractivity contribution in [3.05, 3.63) is 102 Å². The summed E-state index contributed by atoms with van der Waals surface area (Å²) in [6.07, 6.45) is 3.18. The third kappa shape index (κ3) is 7.26. The van der Waals surface area contributed by atoms with Crippen LogP contribution in [0.1, 0.15) is 68.4 Å². The number of benzene rings is 4. The molecule has 45 heavy (non-hydrogen) atoms. The van der Waals surface area contributed by atoms with Crippen LogP contribution in [-0.4, -0.2) is 47.3 Å². The van der Waals surface area contributed by atoms with E-state index in [1.807, 2.05) is 89.8 Å². The van der Waals surface area contributed by atoms with Crippen molar-refractivity contribution in [3.63, 3.8) is 0 Å². The van der Waals surface area contributed by atoms with E-state index in [0.717, 1.165) is 71.3 Å². The fourth-order valence-electron chi connectivity index (χ4n) is 5.50. The van der Waals surface area contributed by atoms with Crippen molar-refractivity contribution < 1.29 is 24.1 Å². The lowest BCUT2D eigenvalue weighted by Gasteiger charge is -2.29. The van der Waals surface area contributed by atoms with Gasteiger partial charge in [-0.15, -0.1) is 0 Å². The molecule has 9 nitrogen and oxygen atoms in total. The molecule has 0 spiro atoms. The highest BCUT2D eigenvalue weighted by Gasteiger charge is 2.22. The Kier molecular flexibility index (Phi) is 9.67. The molecule has 0 radical (unpaired) electrons. The summed E-state index contributed by atoms with van der Waals surface area (Å²) in [4.78, 5) is 50.0. The summed E-state index contributed by atoms with van der Waals surface area (Å²) in [7, 11) is 0. The quantitative estimate of drug-likeness (QED) is 0.117. The van der Waals surface area contributed by atoms with Gasteiger partial charge in [-0.3, -0.25) is 4.79 Å². The SMILES string of the molecule is CC(=O)O/N=C(/C)c1ccc(N(c2cccc(C(=O)N3CCCCC3)c2)c2ccc(/C(C)=N/OC(C)=O)c3ccccc23)cc1. The number of likely N-dealkylation sites (tertiary alicyclic amines) is 1. The third-order valence-corrected chi connectivity index (χ3v) is 7.69. The molecule has 1 amide bonds. The van der Waals surface area contributed by atoms with E-state index in [4.69, 9.17) is 9.68 Å². The van der Waals surface area contributed by atoms with Gasteiger partial charge in [0.2, 0.25) is 0 Å². The Bertz CT molecular complexity index is 1790. The van der Waals surface area contributed by atoms with Crippen LogP contribution in [0.25, 0.3) is 10.8 Å². The summed E-state index contributed by atoms with van der Waals surface area (Å²) in [6.45, 7) is 7.73. The molecule has 230 valence electrons. The smallest absolute Gasteiger partial charge is 0.331 e. The molecule has 1 heterocycles. The first-order chi connectivity index (χ1) is 21.7. The van der Waals surface area contributed by atoms with E-state index in [2.05, 4.69) is 15.2 Å². The number of oxime groups is 2. The van der Waals surface area contributed by atoms with E-state index in [0.29, 0.717) is 17.0 Å². The predicted octanol–water partition coefficient (Wildman–Crippen LogP) is 7.51. The minimum Gasteiger partial charge on any atom is -0.339 e. The summed E-state index contributed by atoms with van der Waals surface area (Å²) in [5.41, 5.74) is 5.95. The zero-order chi connectivity index (χ0) is 31.9. The van der Waals surface area contributed by atoms with Gasteiger partial charge >= 0.3 is 11.9 Å². The molecule has 0 aromatic heterocycles. The number of rotatable bonds is 8. The molecule has 4 aromatic carbocycles. The average molecular weight is 605 g/mol. The van der Waals surface area contributed by atoms with Crippen molar-refractivity contribution in [2.45, 2.75) is 47.0 Å². The van der Waals surface area contributed by atoms with Crippen LogP contribution < -0.4 is 4.90 Å².